The van der Waals surface area contributed by atoms with E-state index < -0.39 is 17.4 Å². The number of aromatic nitrogens is 2. The number of H-pyrrole nitrogens is 1. The Hall–Kier alpha value is -2.82. The molecule has 1 atom stereocenters. The molecule has 2 saturated heterocycles. The van der Waals surface area contributed by atoms with E-state index >= 15 is 0 Å². The zero-order valence-electron chi connectivity index (χ0n) is 17.0. The van der Waals surface area contributed by atoms with Crippen molar-refractivity contribution in [2.45, 2.75) is 31.6 Å². The standard InChI is InChI=1S/C20H24F3N5O3/c21-20(22,23)15-3-1-4-16(11-15)25-7-9-26(10-8-25)17-5-2-6-27(12-17)18(29)13-28-14-19(30)31-24-28/h1,3-4,11,14,17H,2,5-10,12-13H2/p+1. The third-order valence-corrected chi connectivity index (χ3v) is 5.95. The Morgan fingerprint density at radius 2 is 1.97 bits per heavy atom. The molecule has 31 heavy (non-hydrogen) atoms. The van der Waals surface area contributed by atoms with Crippen molar-refractivity contribution < 1.29 is 27.2 Å². The fourth-order valence-electron chi connectivity index (χ4n) is 4.31. The number of benzene rings is 1. The minimum absolute atomic E-state index is 0.0157. The largest absolute Gasteiger partial charge is 0.426 e. The van der Waals surface area contributed by atoms with Gasteiger partial charge in [0.2, 0.25) is 0 Å². The fourth-order valence-corrected chi connectivity index (χ4v) is 4.31. The van der Waals surface area contributed by atoms with Crippen LogP contribution in [0.15, 0.2) is 39.8 Å². The molecule has 1 unspecified atom stereocenters. The Morgan fingerprint density at radius 3 is 2.65 bits per heavy atom. The SMILES string of the molecule is O=C(C[n+]1cc(=O)o[nH]1)N1CCCC(N2CCN(c3cccc(C(F)(F)F)c3)CC2)C1. The number of carbonyl (C=O) groups excluding carboxylic acids is 1. The van der Waals surface area contributed by atoms with Gasteiger partial charge in [0.1, 0.15) is 0 Å². The second kappa shape index (κ2) is 8.74. The number of likely N-dealkylation sites (tertiary alicyclic amines) is 1. The number of nitrogens with zero attached hydrogens (tertiary/aromatic N) is 4. The first-order valence-electron chi connectivity index (χ1n) is 10.3. The molecule has 8 nitrogen and oxygen atoms in total. The van der Waals surface area contributed by atoms with Crippen LogP contribution in [0.25, 0.3) is 0 Å². The molecule has 2 aliphatic rings. The smallest absolute Gasteiger partial charge is 0.369 e. The van der Waals surface area contributed by atoms with E-state index in [1.807, 2.05) is 4.90 Å². The normalized spacial score (nSPS) is 20.8. The van der Waals surface area contributed by atoms with E-state index in [1.165, 1.54) is 23.0 Å². The first kappa shape index (κ1) is 21.4. The first-order valence-corrected chi connectivity index (χ1v) is 10.3. The maximum absolute atomic E-state index is 13.0. The van der Waals surface area contributed by atoms with Crippen LogP contribution in [0.2, 0.25) is 0 Å². The van der Waals surface area contributed by atoms with Gasteiger partial charge in [0, 0.05) is 51.0 Å². The summed E-state index contributed by atoms with van der Waals surface area (Å²) in [6.45, 7) is 4.02. The van der Waals surface area contributed by atoms with Crippen molar-refractivity contribution >= 4 is 11.6 Å². The number of nitrogens with one attached hydrogen (secondary N) is 1. The number of hydrogen-bond donors (Lipinski definition) is 1. The Kier molecular flexibility index (Phi) is 6.03. The van der Waals surface area contributed by atoms with Crippen LogP contribution in [0.4, 0.5) is 18.9 Å². The second-order valence-corrected chi connectivity index (χ2v) is 7.98. The summed E-state index contributed by atoms with van der Waals surface area (Å²) in [6.07, 6.45) is -1.29. The molecule has 1 aromatic heterocycles. The lowest BCUT2D eigenvalue weighted by atomic mass is 10.0. The quantitative estimate of drug-likeness (QED) is 0.721. The van der Waals surface area contributed by atoms with Crippen LogP contribution in [0.1, 0.15) is 18.4 Å². The summed E-state index contributed by atoms with van der Waals surface area (Å²) in [7, 11) is 0. The summed E-state index contributed by atoms with van der Waals surface area (Å²) >= 11 is 0. The molecule has 2 fully saturated rings. The number of hydrogen-bond acceptors (Lipinski definition) is 5. The van der Waals surface area contributed by atoms with Gasteiger partial charge in [0.05, 0.1) is 5.56 Å². The Balaban J connectivity index is 1.32. The topological polar surface area (TPSA) is 76.7 Å². The summed E-state index contributed by atoms with van der Waals surface area (Å²) in [5.41, 5.74) is -0.588. The predicted molar refractivity (Wildman–Crippen MR) is 104 cm³/mol. The molecule has 4 rings (SSSR count). The van der Waals surface area contributed by atoms with Crippen molar-refractivity contribution in [1.82, 2.24) is 15.1 Å². The highest BCUT2D eigenvalue weighted by Crippen LogP contribution is 2.32. The average Bonchev–Trinajstić information content (AvgIpc) is 3.18. The molecule has 1 aromatic carbocycles. The summed E-state index contributed by atoms with van der Waals surface area (Å²) in [5.74, 6) is -0.0886. The second-order valence-electron chi connectivity index (χ2n) is 7.98. The molecule has 0 aliphatic carbocycles. The number of amides is 1. The van der Waals surface area contributed by atoms with Gasteiger partial charge in [-0.05, 0) is 36.3 Å². The molecule has 0 bridgehead atoms. The van der Waals surface area contributed by atoms with Crippen LogP contribution in [0, 0.1) is 0 Å². The average molecular weight is 440 g/mol. The van der Waals surface area contributed by atoms with Gasteiger partial charge in [0.15, 0.2) is 0 Å². The van der Waals surface area contributed by atoms with E-state index in [2.05, 4.69) is 14.7 Å². The number of aromatic amines is 1. The molecule has 11 heteroatoms. The summed E-state index contributed by atoms with van der Waals surface area (Å²) in [6, 6.07) is 5.67. The number of carbonyl (C=O) groups is 1. The van der Waals surface area contributed by atoms with Gasteiger partial charge in [-0.15, -0.1) is 0 Å². The minimum Gasteiger partial charge on any atom is -0.369 e. The predicted octanol–water partition coefficient (Wildman–Crippen LogP) is 1.09. The Morgan fingerprint density at radius 1 is 1.19 bits per heavy atom. The van der Waals surface area contributed by atoms with Gasteiger partial charge >= 0.3 is 11.8 Å². The third-order valence-electron chi connectivity index (χ3n) is 5.95. The summed E-state index contributed by atoms with van der Waals surface area (Å²) in [4.78, 5) is 29.8. The number of alkyl halides is 3. The number of halogens is 3. The molecule has 0 saturated carbocycles. The molecular weight excluding hydrogens is 415 g/mol. The molecule has 2 aliphatic heterocycles. The van der Waals surface area contributed by atoms with E-state index in [0.29, 0.717) is 31.9 Å². The van der Waals surface area contributed by atoms with Gasteiger partial charge in [-0.25, -0.2) is 4.79 Å². The zero-order valence-corrected chi connectivity index (χ0v) is 17.0. The van der Waals surface area contributed by atoms with Crippen molar-refractivity contribution in [3.8, 4) is 0 Å². The van der Waals surface area contributed by atoms with E-state index in [-0.39, 0.29) is 18.5 Å². The van der Waals surface area contributed by atoms with Crippen molar-refractivity contribution in [2.24, 2.45) is 0 Å². The minimum atomic E-state index is -4.35. The van der Waals surface area contributed by atoms with Crippen LogP contribution in [0.3, 0.4) is 0 Å². The lowest BCUT2D eigenvalue weighted by Gasteiger charge is -2.43. The maximum atomic E-state index is 13.0. The molecular formula is C20H25F3N5O3+. The zero-order chi connectivity index (χ0) is 22.0. The maximum Gasteiger partial charge on any atom is 0.426 e. The van der Waals surface area contributed by atoms with E-state index in [1.54, 1.807) is 11.0 Å². The molecule has 1 amide bonds. The van der Waals surface area contributed by atoms with Gasteiger partial charge < -0.3 is 9.80 Å². The van der Waals surface area contributed by atoms with E-state index in [4.69, 9.17) is 0 Å². The van der Waals surface area contributed by atoms with Crippen molar-refractivity contribution in [3.63, 3.8) is 0 Å². The molecule has 168 valence electrons. The van der Waals surface area contributed by atoms with Gasteiger partial charge in [-0.1, -0.05) is 10.7 Å². The van der Waals surface area contributed by atoms with Crippen LogP contribution in [0.5, 0.6) is 0 Å². The molecule has 0 spiro atoms. The number of anilines is 1. The van der Waals surface area contributed by atoms with Crippen molar-refractivity contribution in [1.29, 1.82) is 0 Å². The summed E-state index contributed by atoms with van der Waals surface area (Å²) in [5, 5.41) is 2.38. The number of piperidine rings is 1. The fraction of sp³-hybridized carbons (Fsp3) is 0.550. The van der Waals surface area contributed by atoms with Crippen LogP contribution < -0.4 is 15.2 Å². The van der Waals surface area contributed by atoms with Gasteiger partial charge in [-0.2, -0.15) is 13.2 Å². The lowest BCUT2D eigenvalue weighted by molar-refractivity contribution is -0.751. The van der Waals surface area contributed by atoms with Crippen LogP contribution in [-0.2, 0) is 17.5 Å². The van der Waals surface area contributed by atoms with Crippen LogP contribution in [-0.4, -0.2) is 66.3 Å². The molecule has 3 heterocycles. The third kappa shape index (κ3) is 5.09. The van der Waals surface area contributed by atoms with Crippen molar-refractivity contribution in [3.05, 3.63) is 46.4 Å². The Bertz CT molecular complexity index is 965. The Labute approximate surface area is 176 Å². The highest BCUT2D eigenvalue weighted by molar-refractivity contribution is 5.74. The molecule has 2 aromatic rings. The van der Waals surface area contributed by atoms with Gasteiger partial charge in [-0.3, -0.25) is 14.2 Å². The highest BCUT2D eigenvalue weighted by atomic mass is 19.4. The number of piperazine rings is 1. The highest BCUT2D eigenvalue weighted by Gasteiger charge is 2.33. The first-order chi connectivity index (χ1) is 14.8. The summed E-state index contributed by atoms with van der Waals surface area (Å²) < 4.78 is 44.9. The lowest BCUT2D eigenvalue weighted by Crippen LogP contribution is -2.57. The monoisotopic (exact) mass is 440 g/mol. The van der Waals surface area contributed by atoms with E-state index in [9.17, 15) is 22.8 Å². The van der Waals surface area contributed by atoms with E-state index in [0.717, 1.165) is 32.0 Å². The van der Waals surface area contributed by atoms with Crippen LogP contribution >= 0.6 is 0 Å². The molecule has 1 N–H and O–H groups in total. The van der Waals surface area contributed by atoms with Crippen molar-refractivity contribution in [2.75, 3.05) is 44.2 Å². The number of rotatable bonds is 4. The molecule has 0 radical (unpaired) electrons. The van der Waals surface area contributed by atoms with Gasteiger partial charge in [0.25, 0.3) is 18.6 Å².